The van der Waals surface area contributed by atoms with Crippen molar-refractivity contribution in [2.45, 2.75) is 57.7 Å². The fourth-order valence-corrected chi connectivity index (χ4v) is 2.59. The standard InChI is InChI=1S/C15H23N3O/c1-3-13(17)15(14-8-5-11(2)19-14)18(10-4-9-16)12-6-7-12/h5,8,12-13,15H,3-4,6-7,10,17H2,1-2H3. The largest absolute Gasteiger partial charge is 0.465 e. The highest BCUT2D eigenvalue weighted by Gasteiger charge is 2.37. The quantitative estimate of drug-likeness (QED) is 0.819. The molecule has 1 aliphatic rings. The van der Waals surface area contributed by atoms with Crippen LogP contribution in [-0.4, -0.2) is 23.5 Å². The summed E-state index contributed by atoms with van der Waals surface area (Å²) < 4.78 is 5.80. The predicted molar refractivity (Wildman–Crippen MR) is 74.4 cm³/mol. The van der Waals surface area contributed by atoms with Crippen LogP contribution < -0.4 is 5.73 Å². The summed E-state index contributed by atoms with van der Waals surface area (Å²) in [6, 6.07) is 6.96. The van der Waals surface area contributed by atoms with Crippen LogP contribution in [-0.2, 0) is 0 Å². The van der Waals surface area contributed by atoms with Gasteiger partial charge in [-0.2, -0.15) is 5.26 Å². The number of aryl methyl sites for hydroxylation is 1. The molecule has 0 aromatic carbocycles. The molecule has 4 heteroatoms. The van der Waals surface area contributed by atoms with Crippen molar-refractivity contribution in [2.24, 2.45) is 5.73 Å². The van der Waals surface area contributed by atoms with E-state index < -0.39 is 0 Å². The molecule has 4 nitrogen and oxygen atoms in total. The Morgan fingerprint density at radius 2 is 2.26 bits per heavy atom. The van der Waals surface area contributed by atoms with Crippen LogP contribution in [0.1, 0.15) is 50.2 Å². The van der Waals surface area contributed by atoms with Gasteiger partial charge < -0.3 is 10.2 Å². The Hall–Kier alpha value is -1.31. The first-order chi connectivity index (χ1) is 9.17. The first kappa shape index (κ1) is 14.1. The Bertz CT molecular complexity index is 444. The Kier molecular flexibility index (Phi) is 4.62. The molecule has 0 amide bonds. The first-order valence-corrected chi connectivity index (χ1v) is 7.12. The van der Waals surface area contributed by atoms with E-state index in [-0.39, 0.29) is 12.1 Å². The van der Waals surface area contributed by atoms with E-state index in [1.165, 1.54) is 12.8 Å². The van der Waals surface area contributed by atoms with E-state index in [4.69, 9.17) is 15.4 Å². The van der Waals surface area contributed by atoms with Gasteiger partial charge in [-0.05, 0) is 38.3 Å². The number of nitriles is 1. The van der Waals surface area contributed by atoms with Crippen LogP contribution in [0.25, 0.3) is 0 Å². The molecule has 1 aliphatic carbocycles. The topological polar surface area (TPSA) is 66.2 Å². The van der Waals surface area contributed by atoms with Crippen molar-refractivity contribution in [3.63, 3.8) is 0 Å². The highest BCUT2D eigenvalue weighted by molar-refractivity contribution is 5.13. The van der Waals surface area contributed by atoms with Gasteiger partial charge in [-0.15, -0.1) is 0 Å². The zero-order chi connectivity index (χ0) is 13.8. The Labute approximate surface area is 115 Å². The van der Waals surface area contributed by atoms with Crippen LogP contribution in [0.4, 0.5) is 0 Å². The molecule has 0 bridgehead atoms. The van der Waals surface area contributed by atoms with Gasteiger partial charge >= 0.3 is 0 Å². The number of hydrogen-bond acceptors (Lipinski definition) is 4. The summed E-state index contributed by atoms with van der Waals surface area (Å²) in [5, 5.41) is 8.84. The molecular weight excluding hydrogens is 238 g/mol. The zero-order valence-corrected chi connectivity index (χ0v) is 11.8. The second-order valence-electron chi connectivity index (χ2n) is 5.34. The van der Waals surface area contributed by atoms with Crippen LogP contribution in [0.2, 0.25) is 0 Å². The minimum Gasteiger partial charge on any atom is -0.465 e. The van der Waals surface area contributed by atoms with Crippen molar-refractivity contribution < 1.29 is 4.42 Å². The molecule has 2 N–H and O–H groups in total. The fraction of sp³-hybridized carbons (Fsp3) is 0.667. The molecule has 1 saturated carbocycles. The second kappa shape index (κ2) is 6.23. The Morgan fingerprint density at radius 1 is 1.53 bits per heavy atom. The van der Waals surface area contributed by atoms with Gasteiger partial charge in [-0.1, -0.05) is 6.92 Å². The van der Waals surface area contributed by atoms with Gasteiger partial charge in [0, 0.05) is 25.0 Å². The molecule has 2 rings (SSSR count). The molecule has 0 saturated heterocycles. The van der Waals surface area contributed by atoms with Crippen molar-refractivity contribution in [2.75, 3.05) is 6.54 Å². The lowest BCUT2D eigenvalue weighted by Crippen LogP contribution is -2.42. The van der Waals surface area contributed by atoms with Crippen LogP contribution >= 0.6 is 0 Å². The average Bonchev–Trinajstić information content (AvgIpc) is 3.16. The van der Waals surface area contributed by atoms with Gasteiger partial charge in [0.1, 0.15) is 11.5 Å². The van der Waals surface area contributed by atoms with Crippen molar-refractivity contribution in [3.05, 3.63) is 23.7 Å². The van der Waals surface area contributed by atoms with E-state index in [2.05, 4.69) is 17.9 Å². The summed E-state index contributed by atoms with van der Waals surface area (Å²) >= 11 is 0. The van der Waals surface area contributed by atoms with Gasteiger partial charge in [-0.25, -0.2) is 0 Å². The number of hydrogen-bond donors (Lipinski definition) is 1. The average molecular weight is 261 g/mol. The molecule has 0 spiro atoms. The number of nitrogens with two attached hydrogens (primary N) is 1. The molecule has 0 aliphatic heterocycles. The zero-order valence-electron chi connectivity index (χ0n) is 11.8. The maximum Gasteiger partial charge on any atom is 0.122 e. The molecule has 1 aromatic heterocycles. The molecule has 1 heterocycles. The van der Waals surface area contributed by atoms with E-state index in [1.54, 1.807) is 0 Å². The fourth-order valence-electron chi connectivity index (χ4n) is 2.59. The molecule has 1 fully saturated rings. The minimum absolute atomic E-state index is 0.0462. The maximum atomic E-state index is 8.84. The lowest BCUT2D eigenvalue weighted by molar-refractivity contribution is 0.141. The molecule has 104 valence electrons. The van der Waals surface area contributed by atoms with E-state index in [9.17, 15) is 0 Å². The third-order valence-electron chi connectivity index (χ3n) is 3.78. The summed E-state index contributed by atoms with van der Waals surface area (Å²) in [5.41, 5.74) is 6.31. The summed E-state index contributed by atoms with van der Waals surface area (Å²) in [5.74, 6) is 1.86. The predicted octanol–water partition coefficient (Wildman–Crippen LogP) is 2.74. The van der Waals surface area contributed by atoms with Crippen LogP contribution in [0.5, 0.6) is 0 Å². The van der Waals surface area contributed by atoms with E-state index in [0.717, 1.165) is 24.5 Å². The van der Waals surface area contributed by atoms with Crippen LogP contribution in [0, 0.1) is 18.3 Å². The molecular formula is C15H23N3O. The van der Waals surface area contributed by atoms with E-state index in [1.807, 2.05) is 19.1 Å². The van der Waals surface area contributed by atoms with Gasteiger partial charge in [0.05, 0.1) is 12.1 Å². The monoisotopic (exact) mass is 261 g/mol. The highest BCUT2D eigenvalue weighted by atomic mass is 16.3. The summed E-state index contributed by atoms with van der Waals surface area (Å²) in [4.78, 5) is 2.37. The van der Waals surface area contributed by atoms with E-state index >= 15 is 0 Å². The summed E-state index contributed by atoms with van der Waals surface area (Å²) in [6.07, 6.45) is 3.86. The summed E-state index contributed by atoms with van der Waals surface area (Å²) in [7, 11) is 0. The summed E-state index contributed by atoms with van der Waals surface area (Å²) in [6.45, 7) is 4.83. The molecule has 19 heavy (non-hydrogen) atoms. The van der Waals surface area contributed by atoms with Gasteiger partial charge in [0.15, 0.2) is 0 Å². The van der Waals surface area contributed by atoms with Gasteiger partial charge in [0.2, 0.25) is 0 Å². The molecule has 2 unspecified atom stereocenters. The van der Waals surface area contributed by atoms with Crippen LogP contribution in [0.15, 0.2) is 16.5 Å². The smallest absolute Gasteiger partial charge is 0.122 e. The normalized spacial score (nSPS) is 18.3. The maximum absolute atomic E-state index is 8.84. The number of furan rings is 1. The van der Waals surface area contributed by atoms with Crippen molar-refractivity contribution >= 4 is 0 Å². The van der Waals surface area contributed by atoms with Crippen molar-refractivity contribution in [3.8, 4) is 6.07 Å². The molecule has 1 aromatic rings. The van der Waals surface area contributed by atoms with E-state index in [0.29, 0.717) is 12.5 Å². The molecule has 0 radical (unpaired) electrons. The lowest BCUT2D eigenvalue weighted by Gasteiger charge is -2.33. The third kappa shape index (κ3) is 3.37. The number of rotatable bonds is 7. The second-order valence-corrected chi connectivity index (χ2v) is 5.34. The van der Waals surface area contributed by atoms with Gasteiger partial charge in [0.25, 0.3) is 0 Å². The van der Waals surface area contributed by atoms with Crippen LogP contribution in [0.3, 0.4) is 0 Å². The Balaban J connectivity index is 2.22. The SMILES string of the molecule is CCC(N)C(c1ccc(C)o1)N(CCC#N)C1CC1. The Morgan fingerprint density at radius 3 is 2.74 bits per heavy atom. The van der Waals surface area contributed by atoms with Crippen molar-refractivity contribution in [1.29, 1.82) is 5.26 Å². The minimum atomic E-state index is 0.0462. The van der Waals surface area contributed by atoms with Gasteiger partial charge in [-0.3, -0.25) is 4.90 Å². The van der Waals surface area contributed by atoms with Crippen molar-refractivity contribution in [1.82, 2.24) is 4.90 Å². The lowest BCUT2D eigenvalue weighted by atomic mass is 10.0. The number of nitrogens with zero attached hydrogens (tertiary/aromatic N) is 2. The molecule has 2 atom stereocenters. The highest BCUT2D eigenvalue weighted by Crippen LogP contribution is 2.37. The third-order valence-corrected chi connectivity index (χ3v) is 3.78. The first-order valence-electron chi connectivity index (χ1n) is 7.12.